The number of hydrogen-bond donors (Lipinski definition) is 0. The minimum Gasteiger partial charge on any atom is -0.336 e. The predicted molar refractivity (Wildman–Crippen MR) is 133 cm³/mol. The molecule has 0 aliphatic carbocycles. The second-order valence-electron chi connectivity index (χ2n) is 9.40. The summed E-state index contributed by atoms with van der Waals surface area (Å²) in [6.45, 7) is 9.22. The van der Waals surface area contributed by atoms with Crippen molar-refractivity contribution in [3.63, 3.8) is 0 Å². The zero-order chi connectivity index (χ0) is 26.4. The molecule has 2 atom stereocenters. The van der Waals surface area contributed by atoms with Crippen LogP contribution in [0, 0.1) is 13.8 Å². The van der Waals surface area contributed by atoms with E-state index in [2.05, 4.69) is 9.97 Å². The lowest BCUT2D eigenvalue weighted by atomic mass is 9.97. The molecule has 6 nitrogen and oxygen atoms in total. The van der Waals surface area contributed by atoms with Gasteiger partial charge in [0.15, 0.2) is 5.49 Å². The molecule has 36 heavy (non-hydrogen) atoms. The van der Waals surface area contributed by atoms with Crippen LogP contribution in [0.4, 0.5) is 13.2 Å². The van der Waals surface area contributed by atoms with Gasteiger partial charge in [0.25, 0.3) is 0 Å². The van der Waals surface area contributed by atoms with Gasteiger partial charge in [-0.2, -0.15) is 13.2 Å². The molecule has 1 amide bonds. The van der Waals surface area contributed by atoms with Crippen molar-refractivity contribution in [3.05, 3.63) is 70.2 Å². The first kappa shape index (κ1) is 25.6. The van der Waals surface area contributed by atoms with Crippen LogP contribution in [0.1, 0.15) is 61.4 Å². The average molecular weight is 498 g/mol. The van der Waals surface area contributed by atoms with Crippen molar-refractivity contribution in [1.29, 1.82) is 0 Å². The third-order valence-electron chi connectivity index (χ3n) is 7.00. The van der Waals surface area contributed by atoms with Crippen LogP contribution in [0.3, 0.4) is 0 Å². The molecule has 1 aromatic carbocycles. The van der Waals surface area contributed by atoms with Crippen molar-refractivity contribution in [2.75, 3.05) is 6.54 Å². The third kappa shape index (κ3) is 4.79. The molecule has 1 aliphatic heterocycles. The van der Waals surface area contributed by atoms with E-state index in [0.717, 1.165) is 28.2 Å². The number of aromatic nitrogens is 3. The monoisotopic (exact) mass is 497 g/mol. The van der Waals surface area contributed by atoms with Crippen LogP contribution < -0.4 is 5.49 Å². The molecule has 0 radical (unpaired) electrons. The molecule has 2 aromatic heterocycles. The standard InChI is InChI=1S/C27H30F3N5O/c1-15-12-20(10-11-35(15)19(5)36)24-13-22-25(14-31-24)34(6)18(4)33-26(22)32-17(3)21-8-7-9-23(16(21)2)27(28,29)30/h7-10,13-15,17H,11-12H2,1-6H3/b32-26-/t15-,17-/m1/s1. The first-order chi connectivity index (χ1) is 16.9. The third-order valence-corrected chi connectivity index (χ3v) is 7.00. The SMILES string of the molecule is CC(=O)N1CC=C(c2cc3/c(=N/[C@H](C)c4cccc(C(F)(F)F)c4C)nc(C)n(C)c3cn2)C[C@H]1C. The molecule has 3 heterocycles. The molecule has 0 unspecified atom stereocenters. The maximum atomic E-state index is 13.5. The van der Waals surface area contributed by atoms with Gasteiger partial charge in [0.1, 0.15) is 5.82 Å². The van der Waals surface area contributed by atoms with E-state index in [-0.39, 0.29) is 17.5 Å². The number of halogens is 3. The van der Waals surface area contributed by atoms with Crippen molar-refractivity contribution in [1.82, 2.24) is 19.4 Å². The van der Waals surface area contributed by atoms with Crippen LogP contribution in [-0.4, -0.2) is 37.9 Å². The van der Waals surface area contributed by atoms with Gasteiger partial charge in [-0.25, -0.2) is 4.98 Å². The molecule has 0 N–H and O–H groups in total. The van der Waals surface area contributed by atoms with Crippen molar-refractivity contribution in [3.8, 4) is 0 Å². The smallest absolute Gasteiger partial charge is 0.336 e. The van der Waals surface area contributed by atoms with Crippen LogP contribution >= 0.6 is 0 Å². The van der Waals surface area contributed by atoms with E-state index in [4.69, 9.17) is 4.99 Å². The summed E-state index contributed by atoms with van der Waals surface area (Å²) < 4.78 is 42.3. The summed E-state index contributed by atoms with van der Waals surface area (Å²) in [4.78, 5) is 27.8. The number of amides is 1. The van der Waals surface area contributed by atoms with Gasteiger partial charge in [0, 0.05) is 31.9 Å². The topological polar surface area (TPSA) is 63.4 Å². The van der Waals surface area contributed by atoms with E-state index in [0.29, 0.717) is 29.8 Å². The number of aryl methyl sites for hydroxylation is 2. The number of alkyl halides is 3. The lowest BCUT2D eigenvalue weighted by Crippen LogP contribution is -2.39. The summed E-state index contributed by atoms with van der Waals surface area (Å²) in [5.41, 5.74) is 3.13. The second-order valence-corrected chi connectivity index (χ2v) is 9.40. The molecule has 3 aromatic rings. The largest absolute Gasteiger partial charge is 0.416 e. The molecule has 0 bridgehead atoms. The Morgan fingerprint density at radius 1 is 1.25 bits per heavy atom. The predicted octanol–water partition coefficient (Wildman–Crippen LogP) is 5.29. The minimum atomic E-state index is -4.43. The van der Waals surface area contributed by atoms with Gasteiger partial charge in [-0.15, -0.1) is 0 Å². The van der Waals surface area contributed by atoms with Gasteiger partial charge in [-0.1, -0.05) is 18.2 Å². The van der Waals surface area contributed by atoms with Gasteiger partial charge in [0.2, 0.25) is 5.91 Å². The summed E-state index contributed by atoms with van der Waals surface area (Å²) in [5.74, 6) is 0.752. The number of fused-ring (bicyclic) bond motifs is 1. The highest BCUT2D eigenvalue weighted by Gasteiger charge is 2.33. The van der Waals surface area contributed by atoms with E-state index in [9.17, 15) is 18.0 Å². The molecule has 9 heteroatoms. The Morgan fingerprint density at radius 2 is 1.97 bits per heavy atom. The normalized spacial score (nSPS) is 17.9. The summed E-state index contributed by atoms with van der Waals surface area (Å²) in [6.07, 6.45) is 0.0467. The van der Waals surface area contributed by atoms with Crippen molar-refractivity contribution >= 4 is 22.4 Å². The van der Waals surface area contributed by atoms with Crippen molar-refractivity contribution in [2.24, 2.45) is 12.0 Å². The number of rotatable bonds is 3. The van der Waals surface area contributed by atoms with Crippen molar-refractivity contribution in [2.45, 2.75) is 59.3 Å². The molecule has 0 saturated heterocycles. The zero-order valence-electron chi connectivity index (χ0n) is 21.3. The van der Waals surface area contributed by atoms with E-state index >= 15 is 0 Å². The Hall–Kier alpha value is -3.49. The fourth-order valence-electron chi connectivity index (χ4n) is 4.85. The Labute approximate surface area is 208 Å². The Bertz CT molecular complexity index is 1440. The maximum absolute atomic E-state index is 13.5. The summed E-state index contributed by atoms with van der Waals surface area (Å²) in [7, 11) is 1.89. The summed E-state index contributed by atoms with van der Waals surface area (Å²) in [5, 5.41) is 0.770. The molecule has 0 spiro atoms. The maximum Gasteiger partial charge on any atom is 0.416 e. The van der Waals surface area contributed by atoms with Crippen LogP contribution in [0.25, 0.3) is 16.5 Å². The van der Waals surface area contributed by atoms with Crippen LogP contribution in [0.5, 0.6) is 0 Å². The fraction of sp³-hybridized carbons (Fsp3) is 0.407. The molecular weight excluding hydrogens is 467 g/mol. The molecule has 0 saturated carbocycles. The summed E-state index contributed by atoms with van der Waals surface area (Å²) >= 11 is 0. The molecule has 190 valence electrons. The number of carbonyl (C=O) groups is 1. The highest BCUT2D eigenvalue weighted by atomic mass is 19.4. The molecule has 4 rings (SSSR count). The van der Waals surface area contributed by atoms with E-state index in [1.54, 1.807) is 26.1 Å². The average Bonchev–Trinajstić information content (AvgIpc) is 2.81. The van der Waals surface area contributed by atoms with Crippen molar-refractivity contribution < 1.29 is 18.0 Å². The zero-order valence-corrected chi connectivity index (χ0v) is 21.3. The summed E-state index contributed by atoms with van der Waals surface area (Å²) in [6, 6.07) is 5.65. The number of carbonyl (C=O) groups excluding carboxylic acids is 1. The van der Waals surface area contributed by atoms with Crippen LogP contribution in [0.2, 0.25) is 0 Å². The second kappa shape index (κ2) is 9.52. The fourth-order valence-corrected chi connectivity index (χ4v) is 4.85. The number of pyridine rings is 1. The van der Waals surface area contributed by atoms with E-state index < -0.39 is 17.8 Å². The highest BCUT2D eigenvalue weighted by Crippen LogP contribution is 2.35. The Morgan fingerprint density at radius 3 is 2.61 bits per heavy atom. The van der Waals surface area contributed by atoms with Crippen LogP contribution in [-0.2, 0) is 18.0 Å². The number of benzene rings is 1. The van der Waals surface area contributed by atoms with Gasteiger partial charge in [-0.3, -0.25) is 14.8 Å². The highest BCUT2D eigenvalue weighted by molar-refractivity contribution is 5.82. The molecule has 0 fully saturated rings. The Balaban J connectivity index is 1.84. The number of hydrogen-bond acceptors (Lipinski definition) is 4. The lowest BCUT2D eigenvalue weighted by molar-refractivity contribution is -0.138. The molecule has 1 aliphatic rings. The lowest BCUT2D eigenvalue weighted by Gasteiger charge is -2.32. The van der Waals surface area contributed by atoms with Gasteiger partial charge < -0.3 is 9.47 Å². The first-order valence-corrected chi connectivity index (χ1v) is 11.9. The van der Waals surface area contributed by atoms with Gasteiger partial charge >= 0.3 is 6.18 Å². The van der Waals surface area contributed by atoms with E-state index in [1.807, 2.05) is 42.5 Å². The minimum absolute atomic E-state index is 0.0379. The quantitative estimate of drug-likeness (QED) is 0.494. The van der Waals surface area contributed by atoms with E-state index in [1.165, 1.54) is 13.0 Å². The number of nitrogens with zero attached hydrogens (tertiary/aromatic N) is 5. The first-order valence-electron chi connectivity index (χ1n) is 11.9. The Kier molecular flexibility index (Phi) is 6.77. The van der Waals surface area contributed by atoms with Crippen LogP contribution in [0.15, 0.2) is 41.5 Å². The van der Waals surface area contributed by atoms with Gasteiger partial charge in [-0.05, 0) is 62.9 Å². The molecular formula is C27H30F3N5O. The van der Waals surface area contributed by atoms with Gasteiger partial charge in [0.05, 0.1) is 29.0 Å².